The molecule has 0 fully saturated rings. The second kappa shape index (κ2) is 22.0. The number of carbonyl (C=O) groups is 2. The Labute approximate surface area is 170 Å². The van der Waals surface area contributed by atoms with Gasteiger partial charge in [0.05, 0.1) is 37.9 Å². The Hall–Kier alpha value is -0.250. The highest BCUT2D eigenvalue weighted by molar-refractivity contribution is 8.00. The first-order chi connectivity index (χ1) is 13.2. The average Bonchev–Trinajstić information content (AvgIpc) is 2.67. The second-order valence-corrected chi connectivity index (χ2v) is 7.40. The molecule has 27 heavy (non-hydrogen) atoms. The molecule has 0 unspecified atom stereocenters. The number of rotatable bonds is 20. The normalized spacial score (nSPS) is 10.7. The standard InChI is InChI=1S/C14H26O10S3/c15-1-3-19-13(17)9-25-8-6-23-24-12-27-11-20-14(18)10-26-7-5-22-21-4-2-16/h15-16H,1-12H2. The Morgan fingerprint density at radius 2 is 1.19 bits per heavy atom. The molecule has 0 aromatic carbocycles. The van der Waals surface area contributed by atoms with E-state index in [2.05, 4.69) is 9.62 Å². The van der Waals surface area contributed by atoms with Gasteiger partial charge in [-0.15, -0.1) is 23.5 Å². The van der Waals surface area contributed by atoms with E-state index in [-0.39, 0.29) is 61.7 Å². The van der Waals surface area contributed by atoms with Crippen molar-refractivity contribution in [1.29, 1.82) is 0 Å². The lowest BCUT2D eigenvalue weighted by Gasteiger charge is -2.06. The van der Waals surface area contributed by atoms with Gasteiger partial charge >= 0.3 is 11.9 Å². The first-order valence-electron chi connectivity index (χ1n) is 7.95. The van der Waals surface area contributed by atoms with Crippen LogP contribution in [0.5, 0.6) is 0 Å². The Kier molecular flexibility index (Phi) is 21.8. The minimum Gasteiger partial charge on any atom is -0.463 e. The number of hydrogen-bond donors (Lipinski definition) is 2. The van der Waals surface area contributed by atoms with E-state index in [1.165, 1.54) is 35.3 Å². The molecule has 0 atom stereocenters. The van der Waals surface area contributed by atoms with Gasteiger partial charge in [-0.05, 0) is 0 Å². The summed E-state index contributed by atoms with van der Waals surface area (Å²) in [5, 5.41) is 16.9. The molecule has 0 saturated heterocycles. The third-order valence-electron chi connectivity index (χ3n) is 2.19. The van der Waals surface area contributed by atoms with Crippen molar-refractivity contribution in [1.82, 2.24) is 0 Å². The van der Waals surface area contributed by atoms with Gasteiger partial charge in [0.15, 0.2) is 0 Å². The Bertz CT molecular complexity index is 362. The molecule has 0 aliphatic heterocycles. The number of ether oxygens (including phenoxy) is 2. The Morgan fingerprint density at radius 3 is 1.81 bits per heavy atom. The maximum absolute atomic E-state index is 11.4. The summed E-state index contributed by atoms with van der Waals surface area (Å²) in [7, 11) is 0. The highest BCUT2D eigenvalue weighted by Gasteiger charge is 2.04. The summed E-state index contributed by atoms with van der Waals surface area (Å²) in [6.45, 7) is 0.463. The fourth-order valence-corrected chi connectivity index (χ4v) is 2.74. The molecule has 0 rings (SSSR count). The zero-order valence-electron chi connectivity index (χ0n) is 14.9. The van der Waals surface area contributed by atoms with Crippen LogP contribution >= 0.6 is 35.3 Å². The van der Waals surface area contributed by atoms with E-state index in [1.807, 2.05) is 0 Å². The lowest BCUT2D eigenvalue weighted by Crippen LogP contribution is -2.11. The largest absolute Gasteiger partial charge is 0.463 e. The Balaban J connectivity index is 3.21. The van der Waals surface area contributed by atoms with Gasteiger partial charge in [-0.3, -0.25) is 9.59 Å². The van der Waals surface area contributed by atoms with Crippen LogP contribution in [0.3, 0.4) is 0 Å². The fourth-order valence-electron chi connectivity index (χ4n) is 1.16. The topological polar surface area (TPSA) is 130 Å². The maximum Gasteiger partial charge on any atom is 0.316 e. The van der Waals surface area contributed by atoms with Crippen LogP contribution in [0.15, 0.2) is 0 Å². The summed E-state index contributed by atoms with van der Waals surface area (Å²) in [6.07, 6.45) is 0. The van der Waals surface area contributed by atoms with Gasteiger partial charge in [0.1, 0.15) is 25.1 Å². The van der Waals surface area contributed by atoms with E-state index in [1.54, 1.807) is 0 Å². The molecule has 0 saturated carbocycles. The molecule has 0 aromatic rings. The summed E-state index contributed by atoms with van der Waals surface area (Å²) in [5.74, 6) is 1.17. The van der Waals surface area contributed by atoms with Crippen LogP contribution in [-0.4, -0.2) is 96.7 Å². The molecule has 160 valence electrons. The van der Waals surface area contributed by atoms with Crippen LogP contribution < -0.4 is 0 Å². The van der Waals surface area contributed by atoms with Crippen molar-refractivity contribution >= 4 is 47.2 Å². The number of carbonyl (C=O) groups excluding carboxylic acids is 2. The first-order valence-corrected chi connectivity index (χ1v) is 11.4. The summed E-state index contributed by atoms with van der Waals surface area (Å²) in [6, 6.07) is 0. The minimum atomic E-state index is -0.381. The van der Waals surface area contributed by atoms with E-state index in [4.69, 9.17) is 29.6 Å². The Morgan fingerprint density at radius 1 is 0.630 bits per heavy atom. The van der Waals surface area contributed by atoms with Crippen molar-refractivity contribution in [2.45, 2.75) is 0 Å². The minimum absolute atomic E-state index is 0.00822. The van der Waals surface area contributed by atoms with Gasteiger partial charge in [-0.2, -0.15) is 0 Å². The van der Waals surface area contributed by atoms with E-state index in [0.29, 0.717) is 24.7 Å². The molecule has 10 nitrogen and oxygen atoms in total. The van der Waals surface area contributed by atoms with Gasteiger partial charge in [-0.25, -0.2) is 19.6 Å². The molecule has 0 aliphatic rings. The third kappa shape index (κ3) is 21.9. The predicted octanol–water partition coefficient (Wildman–Crippen LogP) is 0.0684. The smallest absolute Gasteiger partial charge is 0.316 e. The van der Waals surface area contributed by atoms with Crippen molar-refractivity contribution in [3.63, 3.8) is 0 Å². The SMILES string of the molecule is O=C(CSCCOOCSCOC(=O)CSCCOOCCO)OCCO. The van der Waals surface area contributed by atoms with Crippen LogP contribution in [0, 0.1) is 0 Å². The fraction of sp³-hybridized carbons (Fsp3) is 0.857. The summed E-state index contributed by atoms with van der Waals surface area (Å²) >= 11 is 3.92. The van der Waals surface area contributed by atoms with Gasteiger partial charge in [-0.1, -0.05) is 11.8 Å². The molecule has 0 aliphatic carbocycles. The van der Waals surface area contributed by atoms with Crippen LogP contribution in [-0.2, 0) is 38.6 Å². The van der Waals surface area contributed by atoms with Crippen molar-refractivity contribution in [3.05, 3.63) is 0 Å². The van der Waals surface area contributed by atoms with E-state index >= 15 is 0 Å². The highest BCUT2D eigenvalue weighted by Crippen LogP contribution is 2.06. The third-order valence-corrected chi connectivity index (χ3v) is 4.53. The summed E-state index contributed by atoms with van der Waals surface area (Å²) in [4.78, 5) is 41.7. The summed E-state index contributed by atoms with van der Waals surface area (Å²) in [5.41, 5.74) is 0. The van der Waals surface area contributed by atoms with Crippen molar-refractivity contribution in [3.8, 4) is 0 Å². The predicted molar refractivity (Wildman–Crippen MR) is 102 cm³/mol. The second-order valence-electron chi connectivity index (χ2n) is 4.31. The molecule has 0 bridgehead atoms. The van der Waals surface area contributed by atoms with E-state index in [9.17, 15) is 9.59 Å². The molecule has 2 N–H and O–H groups in total. The monoisotopic (exact) mass is 450 g/mol. The molecule has 0 aromatic heterocycles. The average molecular weight is 451 g/mol. The molecular formula is C14H26O10S3. The molecule has 0 spiro atoms. The van der Waals surface area contributed by atoms with Gasteiger partial charge in [0.2, 0.25) is 0 Å². The molecule has 13 heteroatoms. The summed E-state index contributed by atoms with van der Waals surface area (Å²) < 4.78 is 9.66. The van der Waals surface area contributed by atoms with Crippen molar-refractivity contribution in [2.75, 3.05) is 74.5 Å². The van der Waals surface area contributed by atoms with Crippen molar-refractivity contribution < 1.29 is 48.8 Å². The van der Waals surface area contributed by atoms with Crippen LogP contribution in [0.1, 0.15) is 0 Å². The lowest BCUT2D eigenvalue weighted by molar-refractivity contribution is -0.293. The first kappa shape index (κ1) is 26.8. The quantitative estimate of drug-likeness (QED) is 0.0853. The van der Waals surface area contributed by atoms with Crippen LogP contribution in [0.4, 0.5) is 0 Å². The number of thioether (sulfide) groups is 3. The van der Waals surface area contributed by atoms with Gasteiger partial charge in [0, 0.05) is 11.5 Å². The molecule has 0 radical (unpaired) electrons. The van der Waals surface area contributed by atoms with Crippen LogP contribution in [0.2, 0.25) is 0 Å². The van der Waals surface area contributed by atoms with Crippen molar-refractivity contribution in [2.24, 2.45) is 0 Å². The molecule has 0 heterocycles. The van der Waals surface area contributed by atoms with E-state index in [0.717, 1.165) is 0 Å². The lowest BCUT2D eigenvalue weighted by atomic mass is 10.7. The molecule has 0 amide bonds. The van der Waals surface area contributed by atoms with Gasteiger partial charge < -0.3 is 19.7 Å². The highest BCUT2D eigenvalue weighted by atomic mass is 32.2. The maximum atomic E-state index is 11.4. The number of esters is 2. The van der Waals surface area contributed by atoms with Crippen LogP contribution in [0.25, 0.3) is 0 Å². The van der Waals surface area contributed by atoms with E-state index < -0.39 is 0 Å². The van der Waals surface area contributed by atoms with Gasteiger partial charge in [0.25, 0.3) is 0 Å². The number of aliphatic hydroxyl groups excluding tert-OH is 2. The molecular weight excluding hydrogens is 424 g/mol. The zero-order valence-corrected chi connectivity index (χ0v) is 17.3. The number of aliphatic hydroxyl groups is 2. The zero-order chi connectivity index (χ0) is 20.0. The number of hydrogen-bond acceptors (Lipinski definition) is 13.